The van der Waals surface area contributed by atoms with Crippen LogP contribution in [0.2, 0.25) is 0 Å². The van der Waals surface area contributed by atoms with Gasteiger partial charge in [0.1, 0.15) is 122 Å². The fraction of sp³-hybridized carbons (Fsp3) is 0.952. The zero-order valence-electron chi connectivity index (χ0n) is 54.0. The lowest BCUT2D eigenvalue weighted by Gasteiger charge is -2.63. The second-order valence-electron chi connectivity index (χ2n) is 29.9. The second-order valence-corrected chi connectivity index (χ2v) is 29.9. The first kappa shape index (κ1) is 71.9. The summed E-state index contributed by atoms with van der Waals surface area (Å²) >= 11 is 0. The predicted molar refractivity (Wildman–Crippen MR) is 310 cm³/mol. The Hall–Kier alpha value is -1.95. The Morgan fingerprint density at radius 1 is 0.500 bits per heavy atom. The third-order valence-electron chi connectivity index (χ3n) is 24.6. The maximum atomic E-state index is 12.8. The number of carbonyl (C=O) groups excluding carboxylic acids is 1. The molecule has 16 N–H and O–H groups in total. The number of aliphatic hydroxyl groups is 16. The van der Waals surface area contributed by atoms with Gasteiger partial charge in [-0.05, 0) is 81.0 Å². The van der Waals surface area contributed by atoms with Gasteiger partial charge in [0.25, 0.3) is 0 Å². The van der Waals surface area contributed by atoms with Crippen molar-refractivity contribution in [2.24, 2.45) is 39.4 Å². The van der Waals surface area contributed by atoms with E-state index in [-0.39, 0.29) is 46.6 Å². The monoisotopic (exact) mass is 1350 g/mol. The Morgan fingerprint density at radius 3 is 1.69 bits per heavy atom. The summed E-state index contributed by atoms with van der Waals surface area (Å²) in [6.07, 6.45) is -41.9. The van der Waals surface area contributed by atoms with Crippen LogP contribution in [-0.4, -0.2) is 311 Å². The first-order chi connectivity index (χ1) is 44.3. The summed E-state index contributed by atoms with van der Waals surface area (Å²) in [6, 6.07) is 0. The molecule has 0 aromatic rings. The number of aliphatic hydroxyl groups excluding tert-OH is 16. The molecule has 12 aliphatic rings. The minimum absolute atomic E-state index is 0.107. The number of rotatable bonds is 16. The minimum Gasteiger partial charge on any atom is -0.433 e. The molecule has 2 saturated carbocycles. The Balaban J connectivity index is 0.760. The van der Waals surface area contributed by atoms with E-state index in [2.05, 4.69) is 27.7 Å². The molecule has 0 radical (unpaired) electrons. The van der Waals surface area contributed by atoms with E-state index in [1.165, 1.54) is 18.1 Å². The van der Waals surface area contributed by atoms with Crippen molar-refractivity contribution in [3.8, 4) is 0 Å². The fourth-order valence-electron chi connectivity index (χ4n) is 18.9. The van der Waals surface area contributed by atoms with Gasteiger partial charge in [-0.2, -0.15) is 0 Å². The Kier molecular flexibility index (Phi) is 20.5. The Bertz CT molecular complexity index is 2700. The molecule has 31 heteroatoms. The molecule has 0 unspecified atom stereocenters. The van der Waals surface area contributed by atoms with Gasteiger partial charge in [0, 0.05) is 23.7 Å². The van der Waals surface area contributed by atoms with Crippen LogP contribution in [0.1, 0.15) is 113 Å². The van der Waals surface area contributed by atoms with E-state index in [9.17, 15) is 86.5 Å². The molecule has 538 valence electrons. The molecule has 37 atom stereocenters. The van der Waals surface area contributed by atoms with Crippen LogP contribution in [0.25, 0.3) is 0 Å². The van der Waals surface area contributed by atoms with Crippen molar-refractivity contribution in [3.63, 3.8) is 0 Å². The van der Waals surface area contributed by atoms with Crippen LogP contribution in [0.3, 0.4) is 0 Å². The van der Waals surface area contributed by atoms with Gasteiger partial charge in [-0.3, -0.25) is 4.79 Å². The van der Waals surface area contributed by atoms with Crippen molar-refractivity contribution < 1.29 is 153 Å². The summed E-state index contributed by atoms with van der Waals surface area (Å²) in [4.78, 5) is 12.8. The van der Waals surface area contributed by atoms with Gasteiger partial charge < -0.3 is 148 Å². The smallest absolute Gasteiger partial charge is 0.311 e. The van der Waals surface area contributed by atoms with Crippen LogP contribution in [0.5, 0.6) is 0 Å². The molecule has 8 saturated heterocycles. The van der Waals surface area contributed by atoms with Gasteiger partial charge >= 0.3 is 5.97 Å². The van der Waals surface area contributed by atoms with Crippen LogP contribution in [0, 0.1) is 39.4 Å². The normalized spacial score (nSPS) is 56.1. The van der Waals surface area contributed by atoms with Crippen molar-refractivity contribution in [2.75, 3.05) is 39.6 Å². The lowest BCUT2D eigenvalue weighted by molar-refractivity contribution is -0.407. The standard InChI is InChI=1S/C63H100O31/c1-24-16-62(93-51(24)80)17-25(2)63(94-62)15-14-60(6)28-8-9-34-58(4,27(28)10-13-61(60,63)7)12-11-35(59(34,5)23-66)88-53-46(79)43(76)40(73)33(87-53)22-83-55-48(37(70)29(67)20-81-55)91-57-50(92-52-45(78)42(75)36(69)26(3)84-52)47(41(74)32(19-65)86-57)89-56-49(38(71)30(68)21-82-56)90-54-44(77)39(72)31(18-64)85-54/h24-26,29-50,52-57,64-79H,8-23H2,1-7H3/t24-,25-,26+,29+,30+,31+,32-,33-,34-,35+,36+,37+,38+,39-,40-,41-,42-,43+,44-,45-,46-,47+,48-,49-,50-,52+,53+,54+,55+,56+,57+,58-,59-,60+,61+,62+,63+/m1/s1. The van der Waals surface area contributed by atoms with Crippen LogP contribution >= 0.6 is 0 Å². The van der Waals surface area contributed by atoms with Gasteiger partial charge in [-0.25, -0.2) is 0 Å². The SMILES string of the molecule is C[C@@H]1C[C@]2(C[C@@H](C)[C@]3(CC[C@@]4(C)C5=C(CC[C@@]43C)[C@@]3(C)CC[C@H](O[C@@H]4O[C@H](CO[C@@H]6OC[C@H](O)[C@H](O)[C@H]6O[C@@H]6O[C@H](CO)[C@@H](O)[C@H](O[C@@H]7OC[C@H](O)[C@H](O)[C@H]7O[C@@H]7O[C@@H](CO)[C@@H](O)[C@H]7O)[C@H]6O[C@@H]6O[C@@H](C)[C@H](O)[C@@H](O)[C@H]6O)[C@@H](O)[C@H](O)[C@H]4O)[C@](C)(CO)[C@@H]3CC5)O2)OC1=O. The van der Waals surface area contributed by atoms with Gasteiger partial charge in [0.15, 0.2) is 37.7 Å². The summed E-state index contributed by atoms with van der Waals surface area (Å²) in [5, 5.41) is 177. The number of hydrogen-bond acceptors (Lipinski definition) is 31. The molecule has 12 rings (SSSR count). The summed E-state index contributed by atoms with van der Waals surface area (Å²) in [6.45, 7) is 10.5. The maximum Gasteiger partial charge on any atom is 0.311 e. The maximum absolute atomic E-state index is 12.8. The van der Waals surface area contributed by atoms with E-state index < -0.39 is 222 Å². The van der Waals surface area contributed by atoms with Gasteiger partial charge in [-0.15, -0.1) is 0 Å². The number of carbonyl (C=O) groups is 1. The summed E-state index contributed by atoms with van der Waals surface area (Å²) < 4.78 is 85.9. The van der Waals surface area contributed by atoms with Crippen LogP contribution in [0.4, 0.5) is 0 Å². The highest BCUT2D eigenvalue weighted by molar-refractivity contribution is 5.74. The lowest BCUT2D eigenvalue weighted by atomic mass is 9.42. The molecule has 2 spiro atoms. The van der Waals surface area contributed by atoms with E-state index in [0.717, 1.165) is 38.5 Å². The highest BCUT2D eigenvalue weighted by Gasteiger charge is 2.75. The largest absolute Gasteiger partial charge is 0.433 e. The van der Waals surface area contributed by atoms with Crippen molar-refractivity contribution in [1.29, 1.82) is 0 Å². The van der Waals surface area contributed by atoms with E-state index >= 15 is 0 Å². The van der Waals surface area contributed by atoms with Crippen molar-refractivity contribution >= 4 is 5.97 Å². The van der Waals surface area contributed by atoms with Crippen LogP contribution in [-0.2, 0) is 71.1 Å². The molecule has 4 aliphatic carbocycles. The second kappa shape index (κ2) is 26.8. The average molecular weight is 1350 g/mol. The van der Waals surface area contributed by atoms with E-state index in [1.807, 2.05) is 13.8 Å². The molecular formula is C63H100O31. The molecule has 8 heterocycles. The molecule has 0 bridgehead atoms. The summed E-state index contributed by atoms with van der Waals surface area (Å²) in [5.74, 6) is -1.32. The average Bonchev–Trinajstić information content (AvgIpc) is 1.40. The lowest BCUT2D eigenvalue weighted by Crippen LogP contribution is -2.68. The fourth-order valence-corrected chi connectivity index (χ4v) is 18.9. The molecule has 10 fully saturated rings. The number of allylic oxidation sites excluding steroid dienone is 2. The number of fused-ring (bicyclic) bond motifs is 5. The molecule has 0 aromatic carbocycles. The van der Waals surface area contributed by atoms with Gasteiger partial charge in [-0.1, -0.05) is 52.7 Å². The number of hydrogen-bond donors (Lipinski definition) is 16. The molecule has 0 aromatic heterocycles. The van der Waals surface area contributed by atoms with Crippen molar-refractivity contribution in [1.82, 2.24) is 0 Å². The van der Waals surface area contributed by atoms with Crippen molar-refractivity contribution in [3.05, 3.63) is 11.1 Å². The highest BCUT2D eigenvalue weighted by atomic mass is 16.8. The summed E-state index contributed by atoms with van der Waals surface area (Å²) in [7, 11) is 0. The Labute approximate surface area is 543 Å². The van der Waals surface area contributed by atoms with E-state index in [0.29, 0.717) is 25.7 Å². The zero-order chi connectivity index (χ0) is 67.8. The summed E-state index contributed by atoms with van der Waals surface area (Å²) in [5.41, 5.74) is 0.604. The third-order valence-corrected chi connectivity index (χ3v) is 24.6. The number of esters is 1. The molecule has 94 heavy (non-hydrogen) atoms. The van der Waals surface area contributed by atoms with E-state index in [1.54, 1.807) is 0 Å². The number of ether oxygens (including phenoxy) is 14. The van der Waals surface area contributed by atoms with Gasteiger partial charge in [0.2, 0.25) is 5.79 Å². The van der Waals surface area contributed by atoms with Crippen LogP contribution < -0.4 is 0 Å². The van der Waals surface area contributed by atoms with Crippen molar-refractivity contribution in [2.45, 2.75) is 296 Å². The first-order valence-electron chi connectivity index (χ1n) is 33.4. The predicted octanol–water partition coefficient (Wildman–Crippen LogP) is -4.58. The first-order valence-corrected chi connectivity index (χ1v) is 33.4. The molecule has 0 amide bonds. The van der Waals surface area contributed by atoms with Crippen LogP contribution in [0.15, 0.2) is 11.1 Å². The molecule has 8 aliphatic heterocycles. The van der Waals surface area contributed by atoms with Gasteiger partial charge in [0.05, 0.1) is 63.4 Å². The van der Waals surface area contributed by atoms with E-state index in [4.69, 9.17) is 66.3 Å². The highest BCUT2D eigenvalue weighted by Crippen LogP contribution is 2.76. The quantitative estimate of drug-likeness (QED) is 0.0511. The molecular weight excluding hydrogens is 1250 g/mol. The zero-order valence-corrected chi connectivity index (χ0v) is 54.0. The Morgan fingerprint density at radius 2 is 1.05 bits per heavy atom. The topological polar surface area (TPSA) is 470 Å². The third kappa shape index (κ3) is 11.7. The minimum atomic E-state index is -2.06. The molecule has 31 nitrogen and oxygen atoms in total.